The van der Waals surface area contributed by atoms with E-state index in [1.165, 1.54) is 25.0 Å². The van der Waals surface area contributed by atoms with Gasteiger partial charge in [0.2, 0.25) is 0 Å². The summed E-state index contributed by atoms with van der Waals surface area (Å²) in [5.74, 6) is 0.821. The molecule has 0 spiro atoms. The molecule has 19 heavy (non-hydrogen) atoms. The summed E-state index contributed by atoms with van der Waals surface area (Å²) in [6.45, 7) is 3.37. The van der Waals surface area contributed by atoms with E-state index in [4.69, 9.17) is 14.4 Å². The summed E-state index contributed by atoms with van der Waals surface area (Å²) in [7, 11) is -4.02. The molecule has 1 aromatic rings. The van der Waals surface area contributed by atoms with Gasteiger partial charge < -0.3 is 9.84 Å². The van der Waals surface area contributed by atoms with Crippen LogP contribution in [-0.4, -0.2) is 37.9 Å². The van der Waals surface area contributed by atoms with Crippen molar-refractivity contribution in [3.63, 3.8) is 0 Å². The quantitative estimate of drug-likeness (QED) is 0.636. The number of aryl methyl sites for hydroxylation is 1. The van der Waals surface area contributed by atoms with E-state index in [2.05, 4.69) is 0 Å². The number of hydrogen-bond donors (Lipinski definition) is 2. The third kappa shape index (κ3) is 7.27. The lowest BCUT2D eigenvalue weighted by Gasteiger charge is -1.96. The van der Waals surface area contributed by atoms with Crippen molar-refractivity contribution in [2.24, 2.45) is 5.92 Å². The first-order valence-corrected chi connectivity index (χ1v) is 7.60. The van der Waals surface area contributed by atoms with Crippen molar-refractivity contribution in [1.82, 2.24) is 0 Å². The van der Waals surface area contributed by atoms with E-state index in [1.54, 1.807) is 12.1 Å². The van der Waals surface area contributed by atoms with E-state index in [0.29, 0.717) is 6.61 Å². The molecule has 0 saturated heterocycles. The molecule has 0 amide bonds. The van der Waals surface area contributed by atoms with Crippen LogP contribution < -0.4 is 0 Å². The van der Waals surface area contributed by atoms with Gasteiger partial charge in [0.1, 0.15) is 0 Å². The molecule has 0 bridgehead atoms. The van der Waals surface area contributed by atoms with Gasteiger partial charge in [0, 0.05) is 6.61 Å². The van der Waals surface area contributed by atoms with Gasteiger partial charge in [-0.25, -0.2) is 0 Å². The Hall–Kier alpha value is -0.950. The van der Waals surface area contributed by atoms with E-state index in [-0.39, 0.29) is 11.5 Å². The third-order valence-electron chi connectivity index (χ3n) is 2.60. The highest BCUT2D eigenvalue weighted by molar-refractivity contribution is 7.85. The van der Waals surface area contributed by atoms with Crippen LogP contribution >= 0.6 is 0 Å². The molecule has 1 aliphatic rings. The first-order chi connectivity index (χ1) is 8.93. The van der Waals surface area contributed by atoms with Crippen LogP contribution in [0.4, 0.5) is 0 Å². The zero-order valence-corrected chi connectivity index (χ0v) is 11.8. The van der Waals surface area contributed by atoms with E-state index >= 15 is 0 Å². The van der Waals surface area contributed by atoms with Crippen LogP contribution in [0.3, 0.4) is 0 Å². The Labute approximate surface area is 114 Å². The molecule has 0 aromatic heterocycles. The van der Waals surface area contributed by atoms with Crippen molar-refractivity contribution < 1.29 is 22.8 Å². The summed E-state index contributed by atoms with van der Waals surface area (Å²) < 4.78 is 34.6. The smallest absolute Gasteiger partial charge is 0.294 e. The van der Waals surface area contributed by atoms with Crippen LogP contribution in [0.2, 0.25) is 0 Å². The molecule has 1 aromatic carbocycles. The largest absolute Gasteiger partial charge is 0.394 e. The maximum atomic E-state index is 10.5. The summed E-state index contributed by atoms with van der Waals surface area (Å²) in [6, 6.07) is 5.99. The van der Waals surface area contributed by atoms with Crippen LogP contribution in [0.25, 0.3) is 0 Å². The summed E-state index contributed by atoms with van der Waals surface area (Å²) in [5.41, 5.74) is 0.956. The van der Waals surface area contributed by atoms with Crippen LogP contribution in [-0.2, 0) is 14.9 Å². The Morgan fingerprint density at radius 3 is 2.26 bits per heavy atom. The highest BCUT2D eigenvalue weighted by Gasteiger charge is 2.20. The molecule has 0 heterocycles. The van der Waals surface area contributed by atoms with Gasteiger partial charge in [0.05, 0.1) is 18.1 Å². The van der Waals surface area contributed by atoms with Crippen LogP contribution in [0.5, 0.6) is 0 Å². The molecule has 5 nitrogen and oxygen atoms in total. The fraction of sp³-hybridized carbons (Fsp3) is 0.538. The molecule has 2 rings (SSSR count). The number of aliphatic hydroxyl groups is 1. The third-order valence-corrected chi connectivity index (χ3v) is 3.47. The van der Waals surface area contributed by atoms with E-state index in [0.717, 1.165) is 18.1 Å². The number of hydrogen-bond acceptors (Lipinski definition) is 4. The monoisotopic (exact) mass is 288 g/mol. The molecule has 108 valence electrons. The molecule has 1 saturated carbocycles. The van der Waals surface area contributed by atoms with Crippen LogP contribution in [0.1, 0.15) is 18.4 Å². The average molecular weight is 288 g/mol. The lowest BCUT2D eigenvalue weighted by Crippen LogP contribution is -2.01. The minimum atomic E-state index is -4.02. The van der Waals surface area contributed by atoms with Crippen LogP contribution in [0.15, 0.2) is 29.2 Å². The first kappa shape index (κ1) is 16.1. The van der Waals surface area contributed by atoms with Crippen molar-refractivity contribution in [2.75, 3.05) is 19.8 Å². The maximum absolute atomic E-state index is 10.5. The molecule has 6 heteroatoms. The number of rotatable bonds is 5. The highest BCUT2D eigenvalue weighted by Crippen LogP contribution is 2.28. The van der Waals surface area contributed by atoms with Crippen molar-refractivity contribution in [1.29, 1.82) is 0 Å². The lowest BCUT2D eigenvalue weighted by molar-refractivity contribution is 0.0854. The number of benzene rings is 1. The highest BCUT2D eigenvalue weighted by atomic mass is 32.2. The van der Waals surface area contributed by atoms with Gasteiger partial charge in [0.25, 0.3) is 10.1 Å². The maximum Gasteiger partial charge on any atom is 0.294 e. The van der Waals surface area contributed by atoms with Gasteiger partial charge in [-0.05, 0) is 37.8 Å². The van der Waals surface area contributed by atoms with E-state index in [9.17, 15) is 8.42 Å². The Morgan fingerprint density at radius 2 is 1.84 bits per heavy atom. The summed E-state index contributed by atoms with van der Waals surface area (Å²) in [6.07, 6.45) is 2.65. The molecule has 2 N–H and O–H groups in total. The molecule has 0 radical (unpaired) electrons. The minimum Gasteiger partial charge on any atom is -0.394 e. The summed E-state index contributed by atoms with van der Waals surface area (Å²) >= 11 is 0. The molecule has 0 atom stereocenters. The van der Waals surface area contributed by atoms with Gasteiger partial charge in [-0.2, -0.15) is 8.42 Å². The predicted molar refractivity (Wildman–Crippen MR) is 71.6 cm³/mol. The first-order valence-electron chi connectivity index (χ1n) is 6.16. The average Bonchev–Trinajstić information content (AvgIpc) is 3.14. The molecular formula is C13H20O5S. The number of aliphatic hydroxyl groups excluding tert-OH is 1. The lowest BCUT2D eigenvalue weighted by atomic mass is 10.2. The zero-order valence-electron chi connectivity index (χ0n) is 10.9. The predicted octanol–water partition coefficient (Wildman–Crippen LogP) is 1.65. The second-order valence-corrected chi connectivity index (χ2v) is 5.95. The fourth-order valence-electron chi connectivity index (χ4n) is 1.31. The van der Waals surface area contributed by atoms with Gasteiger partial charge in [-0.15, -0.1) is 0 Å². The zero-order chi connectivity index (χ0) is 14.3. The standard InChI is InChI=1S/C7H8O3S.C6H12O2/c1-6-2-4-7(5-3-6)11(8,9)10;7-3-4-8-5-6-1-2-6/h2-5H,1H3,(H,8,9,10);6-7H,1-5H2. The Morgan fingerprint density at radius 1 is 1.26 bits per heavy atom. The summed E-state index contributed by atoms with van der Waals surface area (Å²) in [5, 5.41) is 8.27. The van der Waals surface area contributed by atoms with E-state index in [1.807, 2.05) is 6.92 Å². The molecular weight excluding hydrogens is 268 g/mol. The molecule has 0 aliphatic heterocycles. The van der Waals surface area contributed by atoms with Crippen molar-refractivity contribution >= 4 is 10.1 Å². The van der Waals surface area contributed by atoms with Crippen LogP contribution in [0, 0.1) is 12.8 Å². The van der Waals surface area contributed by atoms with Crippen molar-refractivity contribution in [3.05, 3.63) is 29.8 Å². The van der Waals surface area contributed by atoms with E-state index < -0.39 is 10.1 Å². The van der Waals surface area contributed by atoms with Gasteiger partial charge in [-0.3, -0.25) is 4.55 Å². The van der Waals surface area contributed by atoms with Gasteiger partial charge >= 0.3 is 0 Å². The summed E-state index contributed by atoms with van der Waals surface area (Å²) in [4.78, 5) is -0.0666. The fourth-order valence-corrected chi connectivity index (χ4v) is 1.79. The van der Waals surface area contributed by atoms with Gasteiger partial charge in [0.15, 0.2) is 0 Å². The Bertz CT molecular complexity index is 462. The Kier molecular flexibility index (Phi) is 6.44. The molecule has 0 unspecified atom stereocenters. The second-order valence-electron chi connectivity index (χ2n) is 4.53. The van der Waals surface area contributed by atoms with Crippen molar-refractivity contribution in [3.8, 4) is 0 Å². The minimum absolute atomic E-state index is 0.0666. The SMILES string of the molecule is Cc1ccc(S(=O)(=O)O)cc1.OCCOCC1CC1. The molecule has 1 aliphatic carbocycles. The normalized spacial score (nSPS) is 14.7. The molecule has 1 fully saturated rings. The topological polar surface area (TPSA) is 83.8 Å². The second kappa shape index (κ2) is 7.59. The van der Waals surface area contributed by atoms with Crippen molar-refractivity contribution in [2.45, 2.75) is 24.7 Å². The Balaban J connectivity index is 0.000000200. The van der Waals surface area contributed by atoms with Gasteiger partial charge in [-0.1, -0.05) is 17.7 Å². The number of ether oxygens (including phenoxy) is 1.